The number of amides is 1. The van der Waals surface area contributed by atoms with Crippen LogP contribution in [0.25, 0.3) is 0 Å². The maximum absolute atomic E-state index is 12.1. The average molecular weight is 435 g/mol. The van der Waals surface area contributed by atoms with Crippen LogP contribution in [0.1, 0.15) is 27.8 Å². The number of halogens is 1. The number of carbonyl (C=O) groups is 1. The number of hydrogen-bond acceptors (Lipinski definition) is 7. The van der Waals surface area contributed by atoms with Crippen LogP contribution in [0.3, 0.4) is 0 Å². The molecule has 2 heterocycles. The van der Waals surface area contributed by atoms with E-state index in [1.54, 1.807) is 6.92 Å². The van der Waals surface area contributed by atoms with Crippen molar-refractivity contribution in [3.63, 3.8) is 0 Å². The van der Waals surface area contributed by atoms with E-state index in [1.807, 2.05) is 30.3 Å². The third kappa shape index (κ3) is 4.37. The van der Waals surface area contributed by atoms with E-state index in [4.69, 9.17) is 4.52 Å². The van der Waals surface area contributed by atoms with E-state index in [1.165, 1.54) is 4.68 Å². The van der Waals surface area contributed by atoms with Crippen LogP contribution < -0.4 is 5.32 Å². The largest absolute Gasteiger partial charge is 0.404 e. The Labute approximate surface area is 161 Å². The van der Waals surface area contributed by atoms with Gasteiger partial charge in [-0.15, -0.1) is 0 Å². The van der Waals surface area contributed by atoms with Gasteiger partial charge in [-0.25, -0.2) is 0 Å². The summed E-state index contributed by atoms with van der Waals surface area (Å²) < 4.78 is 6.62. The molecule has 0 unspecified atom stereocenters. The molecule has 0 bridgehead atoms. The van der Waals surface area contributed by atoms with Crippen LogP contribution >= 0.6 is 15.9 Å². The molecular formula is C16H15BrN6O4. The number of nitro groups is 1. The van der Waals surface area contributed by atoms with Crippen LogP contribution in [0, 0.1) is 17.0 Å². The predicted octanol–water partition coefficient (Wildman–Crippen LogP) is 2.27. The van der Waals surface area contributed by atoms with Gasteiger partial charge in [0.05, 0.1) is 10.8 Å². The first-order valence-corrected chi connectivity index (χ1v) is 8.77. The number of carbonyl (C=O) groups excluding carboxylic acids is 1. The van der Waals surface area contributed by atoms with Gasteiger partial charge in [0, 0.05) is 6.54 Å². The normalized spacial score (nSPS) is 10.7. The van der Waals surface area contributed by atoms with Gasteiger partial charge in [-0.2, -0.15) is 9.67 Å². The first kappa shape index (κ1) is 18.7. The highest BCUT2D eigenvalue weighted by molar-refractivity contribution is 9.10. The topological polar surface area (TPSA) is 129 Å². The number of rotatable bonds is 7. The Kier molecular flexibility index (Phi) is 5.60. The van der Waals surface area contributed by atoms with Crippen LogP contribution in [-0.4, -0.2) is 37.3 Å². The second kappa shape index (κ2) is 8.08. The lowest BCUT2D eigenvalue weighted by atomic mass is 10.1. The molecule has 140 valence electrons. The minimum Gasteiger partial charge on any atom is -0.358 e. The highest BCUT2D eigenvalue weighted by atomic mass is 79.9. The maximum Gasteiger partial charge on any atom is 0.404 e. The lowest BCUT2D eigenvalue weighted by Gasteiger charge is -2.02. The van der Waals surface area contributed by atoms with Gasteiger partial charge in [0.2, 0.25) is 0 Å². The molecule has 10 nitrogen and oxygen atoms in total. The fraction of sp³-hybridized carbons (Fsp3) is 0.250. The van der Waals surface area contributed by atoms with Crippen LogP contribution in [0.5, 0.6) is 0 Å². The number of hydrogen-bond donors (Lipinski definition) is 1. The van der Waals surface area contributed by atoms with E-state index in [9.17, 15) is 14.9 Å². The van der Waals surface area contributed by atoms with Crippen molar-refractivity contribution >= 4 is 27.7 Å². The Balaban J connectivity index is 1.60. The summed E-state index contributed by atoms with van der Waals surface area (Å²) in [6, 6.07) is 9.74. The van der Waals surface area contributed by atoms with Crippen molar-refractivity contribution in [3.8, 4) is 0 Å². The summed E-state index contributed by atoms with van der Waals surface area (Å²) in [5.41, 5.74) is 1.64. The quantitative estimate of drug-likeness (QED) is 0.445. The standard InChI is InChI=1S/C16H15BrN6O4/c1-10-13(17)14(23(25)26)20-22(10)9-12-19-16(27-21-12)15(24)18-8-7-11-5-3-2-4-6-11/h2-6H,7-9H2,1H3,(H,18,24). The lowest BCUT2D eigenvalue weighted by Crippen LogP contribution is -2.26. The van der Waals surface area contributed by atoms with E-state index in [0.717, 1.165) is 5.56 Å². The Morgan fingerprint density at radius 1 is 1.37 bits per heavy atom. The predicted molar refractivity (Wildman–Crippen MR) is 97.2 cm³/mol. The van der Waals surface area contributed by atoms with Gasteiger partial charge in [0.1, 0.15) is 11.0 Å². The molecule has 2 aromatic heterocycles. The zero-order chi connectivity index (χ0) is 19.4. The summed E-state index contributed by atoms with van der Waals surface area (Å²) in [7, 11) is 0. The van der Waals surface area contributed by atoms with Crippen LogP contribution in [0.2, 0.25) is 0 Å². The summed E-state index contributed by atoms with van der Waals surface area (Å²) in [6.45, 7) is 2.14. The summed E-state index contributed by atoms with van der Waals surface area (Å²) >= 11 is 3.14. The molecule has 1 amide bonds. The minimum atomic E-state index is -0.588. The van der Waals surface area contributed by atoms with Gasteiger partial charge in [-0.1, -0.05) is 35.5 Å². The van der Waals surface area contributed by atoms with Gasteiger partial charge >= 0.3 is 17.6 Å². The molecule has 0 atom stereocenters. The molecule has 11 heteroatoms. The SMILES string of the molecule is Cc1c(Br)c([N+](=O)[O-])nn1Cc1noc(C(=O)NCCc2ccccc2)n1. The van der Waals surface area contributed by atoms with Crippen LogP contribution in [0.15, 0.2) is 39.3 Å². The Bertz CT molecular complexity index is 969. The molecule has 0 spiro atoms. The molecular weight excluding hydrogens is 420 g/mol. The molecule has 0 aliphatic rings. The highest BCUT2D eigenvalue weighted by Crippen LogP contribution is 2.27. The fourth-order valence-corrected chi connectivity index (χ4v) is 2.79. The first-order chi connectivity index (χ1) is 13.0. The van der Waals surface area contributed by atoms with Gasteiger partial charge < -0.3 is 20.0 Å². The van der Waals surface area contributed by atoms with E-state index in [-0.39, 0.29) is 28.6 Å². The molecule has 1 aromatic carbocycles. The Morgan fingerprint density at radius 2 is 2.11 bits per heavy atom. The summed E-state index contributed by atoms with van der Waals surface area (Å²) in [6.07, 6.45) is 0.678. The van der Waals surface area contributed by atoms with Crippen LogP contribution in [0.4, 0.5) is 5.82 Å². The Hall–Kier alpha value is -3.08. The lowest BCUT2D eigenvalue weighted by molar-refractivity contribution is -0.390. The number of nitrogens with zero attached hydrogens (tertiary/aromatic N) is 5. The minimum absolute atomic E-state index is 0.0407. The van der Waals surface area contributed by atoms with Crippen molar-refractivity contribution in [3.05, 3.63) is 67.9 Å². The van der Waals surface area contributed by atoms with Crippen molar-refractivity contribution in [1.82, 2.24) is 25.2 Å². The van der Waals surface area contributed by atoms with Crippen molar-refractivity contribution in [1.29, 1.82) is 0 Å². The third-order valence-corrected chi connectivity index (χ3v) is 4.71. The molecule has 0 radical (unpaired) electrons. The van der Waals surface area contributed by atoms with E-state index >= 15 is 0 Å². The number of nitrogens with one attached hydrogen (secondary N) is 1. The van der Waals surface area contributed by atoms with Crippen LogP contribution in [-0.2, 0) is 13.0 Å². The number of benzene rings is 1. The molecule has 3 aromatic rings. The van der Waals surface area contributed by atoms with Gasteiger partial charge in [-0.05, 0) is 39.8 Å². The zero-order valence-corrected chi connectivity index (χ0v) is 15.8. The maximum atomic E-state index is 12.1. The zero-order valence-electron chi connectivity index (χ0n) is 14.3. The van der Waals surface area contributed by atoms with E-state index in [0.29, 0.717) is 18.7 Å². The van der Waals surface area contributed by atoms with Crippen molar-refractivity contribution < 1.29 is 14.2 Å². The van der Waals surface area contributed by atoms with E-state index in [2.05, 4.69) is 36.5 Å². The number of aromatic nitrogens is 4. The van der Waals surface area contributed by atoms with Crippen molar-refractivity contribution in [2.24, 2.45) is 0 Å². The highest BCUT2D eigenvalue weighted by Gasteiger charge is 2.25. The van der Waals surface area contributed by atoms with E-state index < -0.39 is 10.8 Å². The monoisotopic (exact) mass is 434 g/mol. The Morgan fingerprint density at radius 3 is 2.78 bits per heavy atom. The second-order valence-electron chi connectivity index (χ2n) is 5.65. The first-order valence-electron chi connectivity index (χ1n) is 7.97. The summed E-state index contributed by atoms with van der Waals surface area (Å²) in [5.74, 6) is -0.753. The molecule has 3 rings (SSSR count). The summed E-state index contributed by atoms with van der Waals surface area (Å²) in [4.78, 5) is 26.5. The molecule has 0 saturated heterocycles. The molecule has 0 aliphatic heterocycles. The van der Waals surface area contributed by atoms with Gasteiger partial charge in [0.25, 0.3) is 0 Å². The fourth-order valence-electron chi connectivity index (χ4n) is 2.36. The van der Waals surface area contributed by atoms with Crippen molar-refractivity contribution in [2.45, 2.75) is 19.9 Å². The molecule has 0 fully saturated rings. The molecule has 1 N–H and O–H groups in total. The molecule has 0 aliphatic carbocycles. The van der Waals surface area contributed by atoms with Gasteiger partial charge in [0.15, 0.2) is 5.82 Å². The second-order valence-corrected chi connectivity index (χ2v) is 6.44. The third-order valence-electron chi connectivity index (χ3n) is 3.79. The molecule has 27 heavy (non-hydrogen) atoms. The van der Waals surface area contributed by atoms with Crippen molar-refractivity contribution in [2.75, 3.05) is 6.54 Å². The van der Waals surface area contributed by atoms with Gasteiger partial charge in [-0.3, -0.25) is 4.79 Å². The smallest absolute Gasteiger partial charge is 0.358 e. The average Bonchev–Trinajstić information content (AvgIpc) is 3.23. The molecule has 0 saturated carbocycles. The summed E-state index contributed by atoms with van der Waals surface area (Å²) in [5, 5.41) is 21.3.